The average Bonchev–Trinajstić information content (AvgIpc) is 1.68. The van der Waals surface area contributed by atoms with Gasteiger partial charge in [-0.3, -0.25) is 0 Å². The van der Waals surface area contributed by atoms with E-state index in [1.54, 1.807) is 5.56 Å². The molecule has 5 heterocycles. The monoisotopic (exact) mass is 1140 g/mol. The van der Waals surface area contributed by atoms with Crippen LogP contribution in [0.25, 0.3) is 61.6 Å². The molecule has 3 aromatic heterocycles. The molecular formula is C77H83BN2S3. The summed E-state index contributed by atoms with van der Waals surface area (Å²) in [6.45, 7) is 42.4. The van der Waals surface area contributed by atoms with Gasteiger partial charge in [0.05, 0.1) is 10.7 Å². The van der Waals surface area contributed by atoms with E-state index < -0.39 is 0 Å². The second-order valence-electron chi connectivity index (χ2n) is 32.3. The molecule has 6 aliphatic rings. The van der Waals surface area contributed by atoms with Crippen molar-refractivity contribution in [1.29, 1.82) is 0 Å². The van der Waals surface area contributed by atoms with Crippen molar-refractivity contribution in [2.75, 3.05) is 9.71 Å². The van der Waals surface area contributed by atoms with Crippen molar-refractivity contribution in [3.63, 3.8) is 0 Å². The number of rotatable bonds is 2. The maximum Gasteiger partial charge on any atom is 0.334 e. The van der Waals surface area contributed by atoms with Crippen LogP contribution in [0.5, 0.6) is 0 Å². The smallest absolute Gasteiger partial charge is 0.334 e. The Morgan fingerprint density at radius 3 is 1.43 bits per heavy atom. The molecule has 2 aliphatic heterocycles. The molecule has 0 saturated carbocycles. The van der Waals surface area contributed by atoms with Crippen LogP contribution in [0.3, 0.4) is 0 Å². The lowest BCUT2D eigenvalue weighted by Gasteiger charge is -2.47. The molecule has 0 amide bonds. The van der Waals surface area contributed by atoms with E-state index in [9.17, 15) is 0 Å². The first kappa shape index (κ1) is 53.1. The molecular weight excluding hydrogens is 1060 g/mol. The number of hydrogen-bond acceptors (Lipinski definition) is 5. The van der Waals surface area contributed by atoms with Gasteiger partial charge in [-0.1, -0.05) is 147 Å². The molecule has 0 saturated heterocycles. The van der Waals surface area contributed by atoms with Crippen molar-refractivity contribution in [3.8, 4) is 11.1 Å². The first-order valence-electron chi connectivity index (χ1n) is 31.5. The Morgan fingerprint density at radius 1 is 0.349 bits per heavy atom. The van der Waals surface area contributed by atoms with Gasteiger partial charge in [0, 0.05) is 73.2 Å². The average molecular weight is 1140 g/mol. The van der Waals surface area contributed by atoms with Crippen LogP contribution in [-0.4, -0.2) is 6.85 Å². The van der Waals surface area contributed by atoms with Gasteiger partial charge in [0.25, 0.3) is 0 Å². The van der Waals surface area contributed by atoms with Gasteiger partial charge >= 0.3 is 6.85 Å². The highest BCUT2D eigenvalue weighted by atomic mass is 32.1. The van der Waals surface area contributed by atoms with E-state index in [2.05, 4.69) is 247 Å². The lowest BCUT2D eigenvalue weighted by Crippen LogP contribution is -2.61. The molecule has 7 aromatic carbocycles. The summed E-state index contributed by atoms with van der Waals surface area (Å²) in [7, 11) is 0. The van der Waals surface area contributed by atoms with Crippen LogP contribution >= 0.6 is 34.0 Å². The Morgan fingerprint density at radius 2 is 0.831 bits per heavy atom. The van der Waals surface area contributed by atoms with Crippen LogP contribution in [0.15, 0.2) is 97.1 Å². The lowest BCUT2D eigenvalue weighted by atomic mass is 9.43. The van der Waals surface area contributed by atoms with Gasteiger partial charge in [-0.25, -0.2) is 0 Å². The van der Waals surface area contributed by atoms with E-state index in [1.165, 1.54) is 196 Å². The summed E-state index contributed by atoms with van der Waals surface area (Å²) in [5, 5.41) is 8.35. The summed E-state index contributed by atoms with van der Waals surface area (Å²) in [6.07, 6.45) is 9.52. The minimum Gasteiger partial charge on any atom is -0.376 e. The maximum absolute atomic E-state index is 2.90. The number of benzene rings is 7. The molecule has 83 heavy (non-hydrogen) atoms. The molecule has 0 fully saturated rings. The van der Waals surface area contributed by atoms with E-state index in [4.69, 9.17) is 0 Å². The van der Waals surface area contributed by atoms with Crippen molar-refractivity contribution in [3.05, 3.63) is 147 Å². The maximum atomic E-state index is 2.90. The molecule has 4 aliphatic carbocycles. The Kier molecular flexibility index (Phi) is 10.6. The quantitative estimate of drug-likeness (QED) is 0.159. The molecule has 10 aromatic rings. The summed E-state index contributed by atoms with van der Waals surface area (Å²) in [4.78, 5) is 5.75. The zero-order valence-electron chi connectivity index (χ0n) is 52.6. The third-order valence-electron chi connectivity index (χ3n) is 23.2. The number of anilines is 5. The number of fused-ring (bicyclic) bond motifs is 18. The van der Waals surface area contributed by atoms with Gasteiger partial charge < -0.3 is 9.71 Å². The Labute approximate surface area is 506 Å². The number of thiophene rings is 3. The highest BCUT2D eigenvalue weighted by Crippen LogP contribution is 2.60. The summed E-state index contributed by atoms with van der Waals surface area (Å²) in [6, 6.07) is 41.0. The van der Waals surface area contributed by atoms with Gasteiger partial charge in [-0.15, -0.1) is 34.0 Å². The Bertz CT molecular complexity index is 4560. The van der Waals surface area contributed by atoms with E-state index >= 15 is 0 Å². The van der Waals surface area contributed by atoms with Gasteiger partial charge in [-0.2, -0.15) is 0 Å². The first-order chi connectivity index (χ1) is 39.0. The molecule has 0 radical (unpaired) electrons. The van der Waals surface area contributed by atoms with Crippen molar-refractivity contribution < 1.29 is 0 Å². The van der Waals surface area contributed by atoms with Crippen LogP contribution in [-0.2, 0) is 43.3 Å². The largest absolute Gasteiger partial charge is 0.376 e. The molecule has 0 atom stereocenters. The van der Waals surface area contributed by atoms with Crippen molar-refractivity contribution in [1.82, 2.24) is 0 Å². The van der Waals surface area contributed by atoms with Gasteiger partial charge in [0.1, 0.15) is 0 Å². The molecule has 6 heteroatoms. The fraction of sp³-hybridized carbons (Fsp3) is 0.429. The second kappa shape index (κ2) is 16.6. The topological polar surface area (TPSA) is 6.48 Å². The SMILES string of the molecule is Cc1cc2c(cc1N1c3cc4c(sc5ccccc54)c4c3B(c3c1sc1cc5c(cc31)C(C)(C)CCC5(C)C)N(c1ccc3c(c1)C(C)(C)CCC3(C)C)c1ccc3c(sc5cc6c(cc53)C(C)(C)CCC6(C)C)c1-4)C(C)(C)CCC2(C)C. The summed E-state index contributed by atoms with van der Waals surface area (Å²) in [5.41, 5.74) is 25.3. The molecule has 0 unspecified atom stereocenters. The predicted molar refractivity (Wildman–Crippen MR) is 367 cm³/mol. The zero-order valence-corrected chi connectivity index (χ0v) is 55.0. The van der Waals surface area contributed by atoms with Gasteiger partial charge in [0.15, 0.2) is 0 Å². The number of nitrogens with zero attached hydrogens (tertiary/aromatic N) is 2. The third-order valence-corrected chi connectivity index (χ3v) is 26.8. The highest BCUT2D eigenvalue weighted by Gasteiger charge is 2.51. The molecule has 16 rings (SSSR count). The summed E-state index contributed by atoms with van der Waals surface area (Å²) >= 11 is 6.16. The van der Waals surface area contributed by atoms with Crippen LogP contribution in [0.4, 0.5) is 27.8 Å². The molecule has 2 nitrogen and oxygen atoms in total. The fourth-order valence-corrected chi connectivity index (χ4v) is 21.2. The Hall–Kier alpha value is -5.40. The number of aryl methyl sites for hydroxylation is 1. The Balaban J connectivity index is 1.11. The zero-order chi connectivity index (χ0) is 58.0. The summed E-state index contributed by atoms with van der Waals surface area (Å²) in [5.74, 6) is 0. The first-order valence-corrected chi connectivity index (χ1v) is 34.0. The van der Waals surface area contributed by atoms with Crippen molar-refractivity contribution >= 4 is 130 Å². The lowest BCUT2D eigenvalue weighted by molar-refractivity contribution is 0.332. The summed E-state index contributed by atoms with van der Waals surface area (Å²) < 4.78 is 7.03. The van der Waals surface area contributed by atoms with Crippen molar-refractivity contribution in [2.45, 2.75) is 212 Å². The van der Waals surface area contributed by atoms with Gasteiger partial charge in [0.2, 0.25) is 0 Å². The standard InChI is InChI=1S/C77H83BN2S3/c1-42-34-50-54(75(12,13)31-28-71(50,4)5)39-58(42)79-59-38-47-44-20-18-19-21-60(44)81-68(47)64-63-57(25-23-45-46-36-52-55(40-61(46)82-67(45)63)76(14,15)32-29-73(52,8)9)80(43-22-24-49-51(35-43)72(6,7)27-26-70(49,2)3)78(66(59)64)65-48-37-53-56(41-62(48)83-69(65)79)77(16,17)33-30-74(53,10)11/h18-25,34-41H,26-33H2,1-17H3. The molecule has 0 bridgehead atoms. The van der Waals surface area contributed by atoms with Crippen LogP contribution in [0.1, 0.15) is 212 Å². The molecule has 422 valence electrons. The number of hydrogen-bond donors (Lipinski definition) is 0. The second-order valence-corrected chi connectivity index (χ2v) is 35.4. The molecule has 0 N–H and O–H groups in total. The molecule has 0 spiro atoms. The minimum atomic E-state index is -0.105. The highest BCUT2D eigenvalue weighted by molar-refractivity contribution is 7.28. The van der Waals surface area contributed by atoms with Gasteiger partial charge in [-0.05, 0) is 229 Å². The van der Waals surface area contributed by atoms with E-state index in [0.29, 0.717) is 0 Å². The van der Waals surface area contributed by atoms with E-state index in [1.807, 2.05) is 11.3 Å². The minimum absolute atomic E-state index is 0.0370. The van der Waals surface area contributed by atoms with E-state index in [-0.39, 0.29) is 50.2 Å². The third kappa shape index (κ3) is 7.18. The van der Waals surface area contributed by atoms with E-state index in [0.717, 1.165) is 0 Å². The fourth-order valence-electron chi connectivity index (χ4n) is 17.4. The van der Waals surface area contributed by atoms with Crippen LogP contribution in [0, 0.1) is 6.92 Å². The normalized spacial score (nSPS) is 21.4. The van der Waals surface area contributed by atoms with Crippen molar-refractivity contribution in [2.24, 2.45) is 0 Å². The van der Waals surface area contributed by atoms with Crippen LogP contribution in [0.2, 0.25) is 0 Å². The predicted octanol–water partition coefficient (Wildman–Crippen LogP) is 22.0. The van der Waals surface area contributed by atoms with Crippen LogP contribution < -0.4 is 20.6 Å².